The van der Waals surface area contributed by atoms with Crippen molar-refractivity contribution in [3.63, 3.8) is 0 Å². The topological polar surface area (TPSA) is 116 Å². The van der Waals surface area contributed by atoms with E-state index in [1.807, 2.05) is 0 Å². The van der Waals surface area contributed by atoms with Crippen molar-refractivity contribution < 1.29 is 38.5 Å². The molecule has 0 radical (unpaired) electrons. The van der Waals surface area contributed by atoms with Crippen molar-refractivity contribution in [2.24, 2.45) is 81.3 Å². The van der Waals surface area contributed by atoms with Gasteiger partial charge in [-0.2, -0.15) is 0 Å². The van der Waals surface area contributed by atoms with Crippen LogP contribution in [0.3, 0.4) is 0 Å². The molecule has 220 valence electrons. The van der Waals surface area contributed by atoms with E-state index < -0.39 is 17.5 Å². The smallest absolute Gasteiger partial charge is 0.333 e. The van der Waals surface area contributed by atoms with Crippen LogP contribution in [0, 0.1) is 81.3 Å². The zero-order valence-corrected chi connectivity index (χ0v) is 24.1. The molecule has 0 saturated heterocycles. The van der Waals surface area contributed by atoms with E-state index in [9.17, 15) is 24.3 Å². The predicted octanol–water partition coefficient (Wildman–Crippen LogP) is 4.01. The number of aliphatic carboxylic acids is 1. The van der Waals surface area contributed by atoms with Crippen LogP contribution in [0.5, 0.6) is 0 Å². The zero-order chi connectivity index (χ0) is 28.6. The number of carboxylic acid groups (broad SMARTS) is 1. The molecule has 0 amide bonds. The molecule has 0 aliphatic heterocycles. The van der Waals surface area contributed by atoms with Crippen molar-refractivity contribution in [2.75, 3.05) is 6.61 Å². The van der Waals surface area contributed by atoms with E-state index in [0.717, 1.165) is 38.5 Å². The summed E-state index contributed by atoms with van der Waals surface area (Å²) in [5.74, 6) is 1.19. The summed E-state index contributed by atoms with van der Waals surface area (Å²) in [6.07, 6.45) is 5.66. The van der Waals surface area contributed by atoms with Gasteiger partial charge in [-0.25, -0.2) is 4.79 Å². The monoisotopic (exact) mass is 564 g/mol. The van der Waals surface area contributed by atoms with Gasteiger partial charge in [0, 0.05) is 29.2 Å². The Kier molecular flexibility index (Phi) is 4.43. The second-order valence-corrected chi connectivity index (χ2v) is 15.9. The molecule has 13 aliphatic rings. The first-order chi connectivity index (χ1) is 19.4. The average Bonchev–Trinajstić information content (AvgIpc) is 2.87. The molecule has 0 aromatic rings. The first-order valence-electron chi connectivity index (χ1n) is 15.9. The summed E-state index contributed by atoms with van der Waals surface area (Å²) in [6, 6.07) is 0. The van der Waals surface area contributed by atoms with Crippen LogP contribution in [0.15, 0.2) is 12.2 Å². The Balaban J connectivity index is 1.17. The molecule has 41 heavy (non-hydrogen) atoms. The van der Waals surface area contributed by atoms with Crippen molar-refractivity contribution in [3.05, 3.63) is 12.2 Å². The van der Waals surface area contributed by atoms with Crippen molar-refractivity contribution in [2.45, 2.75) is 77.4 Å². The summed E-state index contributed by atoms with van der Waals surface area (Å²) in [6.45, 7) is 8.86. The number of carboxylic acids is 1. The Morgan fingerprint density at radius 2 is 1.68 bits per heavy atom. The van der Waals surface area contributed by atoms with Crippen LogP contribution in [0.4, 0.5) is 0 Å². The highest BCUT2D eigenvalue weighted by Gasteiger charge is 2.97. The molecule has 3 spiro atoms. The first-order valence-corrected chi connectivity index (χ1v) is 15.9. The number of hydrogen-bond donors (Lipinski definition) is 1. The van der Waals surface area contributed by atoms with Gasteiger partial charge in [-0.1, -0.05) is 6.58 Å². The summed E-state index contributed by atoms with van der Waals surface area (Å²) in [4.78, 5) is 50.9. The standard InChI is InChI=1S/C33H40O8/c1-13(2)28(38)39-6-5-20(35)41-30(4)17-8-19-23-18-7-15-9-31-10-16-11-33(30,25(19)22(24(18)31)21(16)27(36)37)29(31)32(23,12-17)26(15)40-14(3)34/h15-19,21-26,29H,1,5-12H2,2-4H3,(H,36,37). The second kappa shape index (κ2) is 7.21. The molecule has 0 aromatic heterocycles. The lowest BCUT2D eigenvalue weighted by molar-refractivity contribution is -0.509. The Morgan fingerprint density at radius 1 is 0.951 bits per heavy atom. The van der Waals surface area contributed by atoms with E-state index in [1.165, 1.54) is 0 Å². The third-order valence-electron chi connectivity index (χ3n) is 15.2. The van der Waals surface area contributed by atoms with E-state index in [1.54, 1.807) is 13.8 Å². The predicted molar refractivity (Wildman–Crippen MR) is 141 cm³/mol. The Labute approximate surface area is 239 Å². The maximum absolute atomic E-state index is 13.5. The Hall–Kier alpha value is -2.38. The third-order valence-corrected chi connectivity index (χ3v) is 15.2. The number of ether oxygens (including phenoxy) is 3. The first kappa shape index (κ1) is 25.1. The minimum atomic E-state index is -0.709. The number of rotatable bonds is 7. The SMILES string of the molecule is C=C(C)C(=O)OCCC(=O)OC1(C)C2CC3C4C5CC6CC78CC9CC1(C3C(C9C(=O)O)C57)C8C4(C2)C6OC(C)=O. The van der Waals surface area contributed by atoms with Crippen LogP contribution in [-0.2, 0) is 33.4 Å². The fourth-order valence-corrected chi connectivity index (χ4v) is 15.8. The molecule has 13 saturated carbocycles. The summed E-state index contributed by atoms with van der Waals surface area (Å²) < 4.78 is 18.3. The second-order valence-electron chi connectivity index (χ2n) is 15.9. The summed E-state index contributed by atoms with van der Waals surface area (Å²) in [7, 11) is 0. The van der Waals surface area contributed by atoms with Crippen molar-refractivity contribution in [3.8, 4) is 0 Å². The van der Waals surface area contributed by atoms with Gasteiger partial charge in [-0.3, -0.25) is 14.4 Å². The van der Waals surface area contributed by atoms with Gasteiger partial charge < -0.3 is 19.3 Å². The van der Waals surface area contributed by atoms with E-state index in [2.05, 4.69) is 13.5 Å². The van der Waals surface area contributed by atoms with Crippen LogP contribution in [0.2, 0.25) is 0 Å². The van der Waals surface area contributed by atoms with E-state index in [-0.39, 0.29) is 76.9 Å². The zero-order valence-electron chi connectivity index (χ0n) is 24.1. The van der Waals surface area contributed by atoms with Crippen LogP contribution in [0.1, 0.15) is 65.7 Å². The highest BCUT2D eigenvalue weighted by atomic mass is 16.6. The molecular formula is C33H40O8. The van der Waals surface area contributed by atoms with Crippen LogP contribution < -0.4 is 0 Å². The lowest BCUT2D eigenvalue weighted by Crippen LogP contribution is -2.95. The molecule has 1 N–H and O–H groups in total. The van der Waals surface area contributed by atoms with Gasteiger partial charge in [0.15, 0.2) is 0 Å². The van der Waals surface area contributed by atoms with Gasteiger partial charge in [0.25, 0.3) is 0 Å². The lowest BCUT2D eigenvalue weighted by atomic mass is 9.08. The molecule has 8 heteroatoms. The van der Waals surface area contributed by atoms with Crippen LogP contribution in [-0.4, -0.2) is 47.3 Å². The highest BCUT2D eigenvalue weighted by Crippen LogP contribution is 2.97. The number of carbonyl (C=O) groups excluding carboxylic acids is 3. The fraction of sp³-hybridized carbons (Fsp3) is 0.818. The van der Waals surface area contributed by atoms with Gasteiger partial charge in [0.05, 0.1) is 12.3 Å². The largest absolute Gasteiger partial charge is 0.481 e. The number of carbonyl (C=O) groups is 4. The molecule has 13 aliphatic carbocycles. The molecule has 16 unspecified atom stereocenters. The van der Waals surface area contributed by atoms with Crippen LogP contribution >= 0.6 is 0 Å². The van der Waals surface area contributed by atoms with E-state index >= 15 is 0 Å². The molecule has 13 bridgehead atoms. The van der Waals surface area contributed by atoms with Crippen molar-refractivity contribution in [1.82, 2.24) is 0 Å². The molecule has 8 nitrogen and oxygen atoms in total. The quantitative estimate of drug-likeness (QED) is 0.280. The van der Waals surface area contributed by atoms with Crippen molar-refractivity contribution >= 4 is 23.9 Å². The maximum atomic E-state index is 13.5. The van der Waals surface area contributed by atoms with Gasteiger partial charge in [0.2, 0.25) is 0 Å². The van der Waals surface area contributed by atoms with Gasteiger partial charge >= 0.3 is 23.9 Å². The van der Waals surface area contributed by atoms with E-state index in [0.29, 0.717) is 41.1 Å². The van der Waals surface area contributed by atoms with E-state index in [4.69, 9.17) is 14.2 Å². The Bertz CT molecular complexity index is 1350. The fourth-order valence-electron chi connectivity index (χ4n) is 15.8. The molecule has 13 fully saturated rings. The molecular weight excluding hydrogens is 524 g/mol. The van der Waals surface area contributed by atoms with Crippen LogP contribution in [0.25, 0.3) is 0 Å². The summed E-state index contributed by atoms with van der Waals surface area (Å²) in [5, 5.41) is 10.6. The Morgan fingerprint density at radius 3 is 2.39 bits per heavy atom. The van der Waals surface area contributed by atoms with Gasteiger partial charge in [-0.05, 0) is 111 Å². The van der Waals surface area contributed by atoms with Crippen molar-refractivity contribution in [1.29, 1.82) is 0 Å². The third kappa shape index (κ3) is 2.38. The summed E-state index contributed by atoms with van der Waals surface area (Å²) in [5.41, 5.74) is -0.718. The molecule has 0 heterocycles. The molecule has 16 atom stereocenters. The summed E-state index contributed by atoms with van der Waals surface area (Å²) >= 11 is 0. The number of esters is 3. The maximum Gasteiger partial charge on any atom is 0.333 e. The average molecular weight is 565 g/mol. The minimum absolute atomic E-state index is 0.0114. The normalized spacial score (nSPS) is 57.7. The molecule has 0 aromatic carbocycles. The van der Waals surface area contributed by atoms with Gasteiger partial charge in [-0.15, -0.1) is 0 Å². The lowest BCUT2D eigenvalue weighted by Gasteiger charge is -2.96. The minimum Gasteiger partial charge on any atom is -0.481 e. The highest BCUT2D eigenvalue weighted by molar-refractivity contribution is 5.87. The molecule has 13 rings (SSSR count). The van der Waals surface area contributed by atoms with Gasteiger partial charge in [0.1, 0.15) is 18.3 Å². The number of hydrogen-bond acceptors (Lipinski definition) is 7.